The second-order valence-corrected chi connectivity index (χ2v) is 7.27. The minimum Gasteiger partial charge on any atom is -0.480 e. The van der Waals surface area contributed by atoms with Gasteiger partial charge in [-0.3, -0.25) is 9.59 Å². The summed E-state index contributed by atoms with van der Waals surface area (Å²) in [6.07, 6.45) is 0. The number of hydrogen-bond donors (Lipinski definition) is 1. The molecule has 1 rings (SSSR count). The van der Waals surface area contributed by atoms with Gasteiger partial charge in [-0.05, 0) is 39.0 Å². The van der Waals surface area contributed by atoms with E-state index in [4.69, 9.17) is 28.3 Å². The highest BCUT2D eigenvalue weighted by atomic mass is 35.5. The molecule has 0 radical (unpaired) electrons. The van der Waals surface area contributed by atoms with E-state index in [1.165, 1.54) is 16.7 Å². The normalized spacial score (nSPS) is 11.3. The van der Waals surface area contributed by atoms with Crippen LogP contribution in [-0.2, 0) is 9.59 Å². The lowest BCUT2D eigenvalue weighted by Gasteiger charge is -2.34. The number of thioether (sulfide) groups is 1. The number of carbonyl (C=O) groups excluding carboxylic acids is 1. The van der Waals surface area contributed by atoms with E-state index in [9.17, 15) is 9.59 Å². The van der Waals surface area contributed by atoms with Crippen molar-refractivity contribution >= 4 is 46.8 Å². The lowest BCUT2D eigenvalue weighted by atomic mass is 10.1. The Morgan fingerprint density at radius 1 is 1.29 bits per heavy atom. The molecule has 116 valence electrons. The molecule has 4 nitrogen and oxygen atoms in total. The summed E-state index contributed by atoms with van der Waals surface area (Å²) in [5, 5.41) is 9.97. The van der Waals surface area contributed by atoms with E-state index >= 15 is 0 Å². The molecule has 0 bridgehead atoms. The minimum absolute atomic E-state index is 0.102. The Balaban J connectivity index is 2.78. The molecule has 0 aliphatic carbocycles. The number of amides is 1. The summed E-state index contributed by atoms with van der Waals surface area (Å²) in [4.78, 5) is 25.2. The molecule has 0 saturated heterocycles. The Hall–Kier alpha value is -0.910. The monoisotopic (exact) mass is 349 g/mol. The average Bonchev–Trinajstić information content (AvgIpc) is 2.35. The van der Waals surface area contributed by atoms with Crippen molar-refractivity contribution in [2.45, 2.75) is 31.2 Å². The summed E-state index contributed by atoms with van der Waals surface area (Å²) >= 11 is 13.2. The molecule has 0 aliphatic rings. The van der Waals surface area contributed by atoms with Crippen LogP contribution in [0.15, 0.2) is 23.1 Å². The number of carbonyl (C=O) groups is 2. The summed E-state index contributed by atoms with van der Waals surface area (Å²) in [5.41, 5.74) is -0.561. The van der Waals surface area contributed by atoms with Crippen LogP contribution in [0, 0.1) is 0 Å². The molecule has 0 aromatic heterocycles. The molecular weight excluding hydrogens is 333 g/mol. The predicted molar refractivity (Wildman–Crippen MR) is 86.3 cm³/mol. The van der Waals surface area contributed by atoms with E-state index in [2.05, 4.69) is 0 Å². The van der Waals surface area contributed by atoms with Crippen molar-refractivity contribution in [3.63, 3.8) is 0 Å². The molecule has 0 saturated carbocycles. The standard InChI is InChI=1S/C14H17Cl2NO3S/c1-14(2,3)17(7-13(19)20)12(18)8-21-11-6-9(15)4-5-10(11)16/h4-6H,7-8H2,1-3H3,(H,19,20). The maximum absolute atomic E-state index is 12.3. The van der Waals surface area contributed by atoms with Crippen LogP contribution < -0.4 is 0 Å². The summed E-state index contributed by atoms with van der Waals surface area (Å²) in [5.74, 6) is -1.19. The van der Waals surface area contributed by atoms with Crippen LogP contribution >= 0.6 is 35.0 Å². The number of rotatable bonds is 5. The summed E-state index contributed by atoms with van der Waals surface area (Å²) in [7, 11) is 0. The predicted octanol–water partition coefficient (Wildman–Crippen LogP) is 3.80. The van der Waals surface area contributed by atoms with Crippen molar-refractivity contribution in [1.82, 2.24) is 4.90 Å². The van der Waals surface area contributed by atoms with Gasteiger partial charge in [0, 0.05) is 15.5 Å². The Bertz CT molecular complexity index is 544. The second-order valence-electron chi connectivity index (χ2n) is 5.41. The topological polar surface area (TPSA) is 57.6 Å². The fraction of sp³-hybridized carbons (Fsp3) is 0.429. The molecule has 0 atom stereocenters. The van der Waals surface area contributed by atoms with E-state index in [1.807, 2.05) is 0 Å². The molecule has 1 aromatic rings. The van der Waals surface area contributed by atoms with Gasteiger partial charge in [-0.1, -0.05) is 23.2 Å². The van der Waals surface area contributed by atoms with E-state index in [0.29, 0.717) is 14.9 Å². The van der Waals surface area contributed by atoms with Crippen LogP contribution in [-0.4, -0.2) is 39.7 Å². The highest BCUT2D eigenvalue weighted by Gasteiger charge is 2.28. The van der Waals surface area contributed by atoms with E-state index in [0.717, 1.165) is 0 Å². The van der Waals surface area contributed by atoms with Gasteiger partial charge in [0.25, 0.3) is 0 Å². The van der Waals surface area contributed by atoms with Gasteiger partial charge in [0.2, 0.25) is 5.91 Å². The van der Waals surface area contributed by atoms with E-state index < -0.39 is 11.5 Å². The number of halogens is 2. The van der Waals surface area contributed by atoms with Crippen molar-refractivity contribution in [3.05, 3.63) is 28.2 Å². The first-order valence-corrected chi connectivity index (χ1v) is 7.95. The third-order valence-electron chi connectivity index (χ3n) is 2.65. The number of benzene rings is 1. The van der Waals surface area contributed by atoms with Gasteiger partial charge in [0.1, 0.15) is 6.54 Å². The molecule has 0 heterocycles. The Labute approximate surface area is 138 Å². The Morgan fingerprint density at radius 3 is 2.43 bits per heavy atom. The van der Waals surface area contributed by atoms with E-state index in [-0.39, 0.29) is 18.2 Å². The second kappa shape index (κ2) is 7.38. The molecule has 0 aliphatic heterocycles. The van der Waals surface area contributed by atoms with E-state index in [1.54, 1.807) is 39.0 Å². The Morgan fingerprint density at radius 2 is 1.90 bits per heavy atom. The SMILES string of the molecule is CC(C)(C)N(CC(=O)O)C(=O)CSc1cc(Cl)ccc1Cl. The van der Waals surface area contributed by atoms with Gasteiger partial charge >= 0.3 is 5.97 Å². The first-order chi connectivity index (χ1) is 9.61. The quantitative estimate of drug-likeness (QED) is 0.821. The van der Waals surface area contributed by atoms with Crippen LogP contribution in [0.3, 0.4) is 0 Å². The van der Waals surface area contributed by atoms with Crippen LogP contribution in [0.1, 0.15) is 20.8 Å². The molecule has 1 amide bonds. The lowest BCUT2D eigenvalue weighted by Crippen LogP contribution is -2.49. The van der Waals surface area contributed by atoms with Crippen molar-refractivity contribution in [2.75, 3.05) is 12.3 Å². The molecule has 21 heavy (non-hydrogen) atoms. The van der Waals surface area contributed by atoms with Crippen LogP contribution in [0.2, 0.25) is 10.0 Å². The van der Waals surface area contributed by atoms with Gasteiger partial charge in [0.15, 0.2) is 0 Å². The summed E-state index contributed by atoms with van der Waals surface area (Å²) in [6, 6.07) is 5.01. The lowest BCUT2D eigenvalue weighted by molar-refractivity contribution is -0.146. The third-order valence-corrected chi connectivity index (χ3v) is 4.37. The molecule has 1 aromatic carbocycles. The van der Waals surface area contributed by atoms with Gasteiger partial charge in [-0.25, -0.2) is 0 Å². The number of carboxylic acids is 1. The first kappa shape index (κ1) is 18.1. The van der Waals surface area contributed by atoms with Crippen LogP contribution in [0.4, 0.5) is 0 Å². The van der Waals surface area contributed by atoms with Crippen LogP contribution in [0.25, 0.3) is 0 Å². The molecule has 0 spiro atoms. The number of carboxylic acid groups (broad SMARTS) is 1. The van der Waals surface area contributed by atoms with Gasteiger partial charge < -0.3 is 10.0 Å². The largest absolute Gasteiger partial charge is 0.480 e. The van der Waals surface area contributed by atoms with Gasteiger partial charge in [-0.2, -0.15) is 0 Å². The molecule has 1 N–H and O–H groups in total. The highest BCUT2D eigenvalue weighted by molar-refractivity contribution is 8.00. The number of nitrogens with zero attached hydrogens (tertiary/aromatic N) is 1. The third kappa shape index (κ3) is 5.77. The maximum atomic E-state index is 12.3. The Kier molecular flexibility index (Phi) is 6.38. The highest BCUT2D eigenvalue weighted by Crippen LogP contribution is 2.30. The number of aliphatic carboxylic acids is 1. The smallest absolute Gasteiger partial charge is 0.323 e. The van der Waals surface area contributed by atoms with Crippen molar-refractivity contribution in [3.8, 4) is 0 Å². The zero-order valence-electron chi connectivity index (χ0n) is 12.0. The molecule has 0 unspecified atom stereocenters. The molecule has 0 fully saturated rings. The fourth-order valence-electron chi connectivity index (χ4n) is 1.64. The average molecular weight is 350 g/mol. The summed E-state index contributed by atoms with van der Waals surface area (Å²) in [6.45, 7) is 5.06. The first-order valence-electron chi connectivity index (χ1n) is 6.21. The van der Waals surface area contributed by atoms with Crippen molar-refractivity contribution < 1.29 is 14.7 Å². The number of hydrogen-bond acceptors (Lipinski definition) is 3. The van der Waals surface area contributed by atoms with Gasteiger partial charge in [0.05, 0.1) is 10.8 Å². The molecule has 7 heteroatoms. The molecular formula is C14H17Cl2NO3S. The van der Waals surface area contributed by atoms with Crippen LogP contribution in [0.5, 0.6) is 0 Å². The fourth-order valence-corrected chi connectivity index (χ4v) is 3.01. The van der Waals surface area contributed by atoms with Crippen molar-refractivity contribution in [2.24, 2.45) is 0 Å². The zero-order chi connectivity index (χ0) is 16.2. The van der Waals surface area contributed by atoms with Gasteiger partial charge in [-0.15, -0.1) is 11.8 Å². The maximum Gasteiger partial charge on any atom is 0.323 e. The van der Waals surface area contributed by atoms with Crippen molar-refractivity contribution in [1.29, 1.82) is 0 Å². The minimum atomic E-state index is -1.04. The zero-order valence-corrected chi connectivity index (χ0v) is 14.3. The summed E-state index contributed by atoms with van der Waals surface area (Å²) < 4.78 is 0.